The molecule has 0 saturated carbocycles. The van der Waals surface area contributed by atoms with Crippen LogP contribution in [0.1, 0.15) is 32.7 Å². The number of carbonyl (C=O) groups excluding carboxylic acids is 1. The summed E-state index contributed by atoms with van der Waals surface area (Å²) in [7, 11) is 0. The highest BCUT2D eigenvalue weighted by atomic mass is 16.6. The fraction of sp³-hybridized carbons (Fsp3) is 0.400. The molecule has 9 heteroatoms. The minimum Gasteiger partial charge on any atom is -0.391 e. The maximum absolute atomic E-state index is 13.2. The summed E-state index contributed by atoms with van der Waals surface area (Å²) >= 11 is 0. The van der Waals surface area contributed by atoms with Gasteiger partial charge in [0.25, 0.3) is 0 Å². The monoisotopic (exact) mass is 462 g/mol. The molecule has 2 aliphatic rings. The standard InChI is InChI=1S/C25H30N6O3/c1-17-15-29(25(33)34-24-5-3-4-10-27-24)23-13-19(6-7-22(23)31(17)18(2)32)20-14-28-30(16-20)21-8-11-26-12-9-21/h3-7,10,13-14,16-18,21,26,32H,8-9,11-12,15H2,1-2H3/t17-,18?/m0/s1. The number of anilines is 2. The lowest BCUT2D eigenvalue weighted by atomic mass is 10.0. The van der Waals surface area contributed by atoms with E-state index in [1.165, 1.54) is 0 Å². The van der Waals surface area contributed by atoms with Crippen LogP contribution in [0.5, 0.6) is 5.88 Å². The SMILES string of the molecule is CC(O)N1c2ccc(-c3cnn(C4CCNCC4)c3)cc2N(C(=O)Oc2ccccn2)C[C@@H]1C. The average Bonchev–Trinajstić information content (AvgIpc) is 3.34. The third-order valence-electron chi connectivity index (χ3n) is 6.54. The summed E-state index contributed by atoms with van der Waals surface area (Å²) in [5, 5.41) is 18.5. The van der Waals surface area contributed by atoms with Crippen molar-refractivity contribution >= 4 is 17.5 Å². The van der Waals surface area contributed by atoms with E-state index in [-0.39, 0.29) is 11.9 Å². The third kappa shape index (κ3) is 4.36. The van der Waals surface area contributed by atoms with E-state index in [1.807, 2.05) is 40.9 Å². The Morgan fingerprint density at radius 1 is 1.18 bits per heavy atom. The quantitative estimate of drug-likeness (QED) is 0.613. The maximum atomic E-state index is 13.2. The van der Waals surface area contributed by atoms with E-state index in [1.54, 1.807) is 36.2 Å². The van der Waals surface area contributed by atoms with Crippen molar-refractivity contribution in [2.75, 3.05) is 29.4 Å². The largest absolute Gasteiger partial charge is 0.421 e. The molecule has 1 aromatic carbocycles. The number of amides is 1. The van der Waals surface area contributed by atoms with Gasteiger partial charge < -0.3 is 20.1 Å². The first kappa shape index (κ1) is 22.4. The Balaban J connectivity index is 1.48. The Morgan fingerprint density at radius 3 is 2.74 bits per heavy atom. The Bertz CT molecular complexity index is 1140. The van der Waals surface area contributed by atoms with Gasteiger partial charge >= 0.3 is 6.09 Å². The van der Waals surface area contributed by atoms with Gasteiger partial charge in [0.05, 0.1) is 23.6 Å². The molecule has 1 unspecified atom stereocenters. The number of aliphatic hydroxyl groups excluding tert-OH is 1. The van der Waals surface area contributed by atoms with Gasteiger partial charge in [0.15, 0.2) is 0 Å². The Morgan fingerprint density at radius 2 is 2.00 bits per heavy atom. The fourth-order valence-electron chi connectivity index (χ4n) is 4.88. The zero-order valence-corrected chi connectivity index (χ0v) is 19.5. The van der Waals surface area contributed by atoms with Gasteiger partial charge in [-0.2, -0.15) is 5.10 Å². The maximum Gasteiger partial charge on any atom is 0.421 e. The van der Waals surface area contributed by atoms with E-state index in [9.17, 15) is 9.90 Å². The van der Waals surface area contributed by atoms with E-state index >= 15 is 0 Å². The number of nitrogens with one attached hydrogen (secondary N) is 1. The van der Waals surface area contributed by atoms with Gasteiger partial charge in [-0.05, 0) is 63.5 Å². The number of rotatable bonds is 4. The average molecular weight is 463 g/mol. The normalized spacial score (nSPS) is 19.6. The van der Waals surface area contributed by atoms with Crippen LogP contribution < -0.4 is 19.9 Å². The van der Waals surface area contributed by atoms with Gasteiger partial charge in [-0.25, -0.2) is 9.78 Å². The van der Waals surface area contributed by atoms with Gasteiger partial charge in [-0.1, -0.05) is 12.1 Å². The molecule has 34 heavy (non-hydrogen) atoms. The van der Waals surface area contributed by atoms with Crippen LogP contribution in [-0.2, 0) is 0 Å². The summed E-state index contributed by atoms with van der Waals surface area (Å²) in [5.74, 6) is 0.249. The van der Waals surface area contributed by atoms with Crippen LogP contribution in [-0.4, -0.2) is 57.9 Å². The van der Waals surface area contributed by atoms with Crippen LogP contribution in [0.2, 0.25) is 0 Å². The van der Waals surface area contributed by atoms with Crippen molar-refractivity contribution in [3.8, 4) is 17.0 Å². The molecule has 5 rings (SSSR count). The Labute approximate surface area is 199 Å². The zero-order valence-electron chi connectivity index (χ0n) is 19.5. The first-order valence-electron chi connectivity index (χ1n) is 11.8. The van der Waals surface area contributed by atoms with Gasteiger partial charge in [0.2, 0.25) is 5.88 Å². The summed E-state index contributed by atoms with van der Waals surface area (Å²) in [6.45, 7) is 6.09. The second kappa shape index (κ2) is 9.44. The molecular weight excluding hydrogens is 432 g/mol. The van der Waals surface area contributed by atoms with E-state index in [0.717, 1.165) is 42.7 Å². The van der Waals surface area contributed by atoms with Gasteiger partial charge in [0.1, 0.15) is 6.23 Å². The molecule has 1 saturated heterocycles. The lowest BCUT2D eigenvalue weighted by molar-refractivity contribution is 0.174. The fourth-order valence-corrected chi connectivity index (χ4v) is 4.88. The molecule has 3 aromatic rings. The lowest BCUT2D eigenvalue weighted by Crippen LogP contribution is -2.53. The van der Waals surface area contributed by atoms with Crippen molar-refractivity contribution in [1.29, 1.82) is 0 Å². The summed E-state index contributed by atoms with van der Waals surface area (Å²) in [4.78, 5) is 20.8. The highest BCUT2D eigenvalue weighted by Crippen LogP contribution is 2.40. The van der Waals surface area contributed by atoms with Crippen molar-refractivity contribution in [2.45, 2.75) is 45.0 Å². The number of benzene rings is 1. The van der Waals surface area contributed by atoms with E-state index in [4.69, 9.17) is 4.74 Å². The van der Waals surface area contributed by atoms with Crippen LogP contribution >= 0.6 is 0 Å². The summed E-state index contributed by atoms with van der Waals surface area (Å²) in [6, 6.07) is 11.4. The van der Waals surface area contributed by atoms with Crippen LogP contribution in [0.15, 0.2) is 55.0 Å². The van der Waals surface area contributed by atoms with E-state index in [2.05, 4.69) is 21.6 Å². The van der Waals surface area contributed by atoms with Crippen molar-refractivity contribution in [2.24, 2.45) is 0 Å². The molecular formula is C25H30N6O3. The number of piperidine rings is 1. The molecule has 9 nitrogen and oxygen atoms in total. The minimum atomic E-state index is -0.698. The number of ether oxygens (including phenoxy) is 1. The highest BCUT2D eigenvalue weighted by Gasteiger charge is 2.35. The number of aliphatic hydroxyl groups is 1. The molecule has 2 aromatic heterocycles. The van der Waals surface area contributed by atoms with Crippen LogP contribution in [0, 0.1) is 0 Å². The molecule has 178 valence electrons. The molecule has 2 atom stereocenters. The first-order chi connectivity index (χ1) is 16.5. The second-order valence-electron chi connectivity index (χ2n) is 8.93. The van der Waals surface area contributed by atoms with Gasteiger partial charge in [0, 0.05) is 36.6 Å². The van der Waals surface area contributed by atoms with E-state index in [0.29, 0.717) is 18.3 Å². The summed E-state index contributed by atoms with van der Waals surface area (Å²) < 4.78 is 7.60. The number of carbonyl (C=O) groups is 1. The number of hydrogen-bond acceptors (Lipinski definition) is 7. The second-order valence-corrected chi connectivity index (χ2v) is 8.93. The molecule has 2 N–H and O–H groups in total. The Kier molecular flexibility index (Phi) is 6.21. The van der Waals surface area contributed by atoms with Crippen LogP contribution in [0.4, 0.5) is 16.2 Å². The molecule has 1 fully saturated rings. The van der Waals surface area contributed by atoms with Crippen molar-refractivity contribution in [1.82, 2.24) is 20.1 Å². The highest BCUT2D eigenvalue weighted by molar-refractivity contribution is 5.96. The first-order valence-corrected chi connectivity index (χ1v) is 11.8. The van der Waals surface area contributed by atoms with Gasteiger partial charge in [-0.3, -0.25) is 9.58 Å². The smallest absolute Gasteiger partial charge is 0.391 e. The molecule has 1 amide bonds. The van der Waals surface area contributed by atoms with Crippen molar-refractivity contribution < 1.29 is 14.6 Å². The van der Waals surface area contributed by atoms with Gasteiger partial charge in [-0.15, -0.1) is 0 Å². The number of hydrogen-bond donors (Lipinski definition) is 2. The molecule has 0 spiro atoms. The number of fused-ring (bicyclic) bond motifs is 1. The molecule has 0 radical (unpaired) electrons. The number of aromatic nitrogens is 3. The summed E-state index contributed by atoms with van der Waals surface area (Å²) in [6.07, 6.45) is 6.45. The molecule has 0 bridgehead atoms. The number of nitrogens with zero attached hydrogens (tertiary/aromatic N) is 5. The molecule has 4 heterocycles. The third-order valence-corrected chi connectivity index (χ3v) is 6.54. The predicted molar refractivity (Wildman–Crippen MR) is 130 cm³/mol. The minimum absolute atomic E-state index is 0.0997. The predicted octanol–water partition coefficient (Wildman–Crippen LogP) is 3.42. The zero-order chi connectivity index (χ0) is 23.7. The summed E-state index contributed by atoms with van der Waals surface area (Å²) in [5.41, 5.74) is 3.41. The topological polar surface area (TPSA) is 95.8 Å². The molecule has 0 aliphatic carbocycles. The lowest BCUT2D eigenvalue weighted by Gasteiger charge is -2.43. The van der Waals surface area contributed by atoms with Crippen molar-refractivity contribution in [3.05, 3.63) is 55.0 Å². The Hall–Kier alpha value is -3.43. The van der Waals surface area contributed by atoms with Crippen LogP contribution in [0.25, 0.3) is 11.1 Å². The van der Waals surface area contributed by atoms with Crippen molar-refractivity contribution in [3.63, 3.8) is 0 Å². The van der Waals surface area contributed by atoms with E-state index < -0.39 is 12.3 Å². The number of pyridine rings is 1. The van der Waals surface area contributed by atoms with Crippen LogP contribution in [0.3, 0.4) is 0 Å². The molecule has 2 aliphatic heterocycles.